The van der Waals surface area contributed by atoms with Gasteiger partial charge in [0.2, 0.25) is 0 Å². The number of rotatable bonds is 8. The minimum atomic E-state index is -4.60. The van der Waals surface area contributed by atoms with E-state index >= 15 is 0 Å². The van der Waals surface area contributed by atoms with E-state index in [4.69, 9.17) is 16.3 Å². The smallest absolute Gasteiger partial charge is 0.422 e. The number of carbonyl (C=O) groups excluding carboxylic acids is 3. The van der Waals surface area contributed by atoms with Crippen molar-refractivity contribution in [2.75, 3.05) is 13.1 Å². The van der Waals surface area contributed by atoms with E-state index in [0.717, 1.165) is 11.0 Å². The maximum absolute atomic E-state index is 13.5. The monoisotopic (exact) mass is 659 g/mol. The molecule has 1 aliphatic heterocycles. The summed E-state index contributed by atoms with van der Waals surface area (Å²) in [5, 5.41) is 4.14. The molecule has 1 aromatic heterocycles. The maximum Gasteiger partial charge on any atom is 0.422 e. The molecule has 0 atom stereocenters. The Labute approximate surface area is 253 Å². The molecule has 43 heavy (non-hydrogen) atoms. The SMILES string of the molecule is CC(C)(C)OC(=O)NS(=O)(=O)NCCN1C(=O)SC(=Cc2ccc3c(cnn3Cc3ccc(Cl)cc3C(F)(F)F)c2)C1=O. The largest absolute Gasteiger partial charge is 0.443 e. The van der Waals surface area contributed by atoms with E-state index in [-0.39, 0.29) is 35.1 Å². The van der Waals surface area contributed by atoms with Crippen molar-refractivity contribution < 1.29 is 40.7 Å². The molecular weight excluding hydrogens is 635 g/mol. The summed E-state index contributed by atoms with van der Waals surface area (Å²) in [6.45, 7) is 3.86. The van der Waals surface area contributed by atoms with Crippen LogP contribution in [-0.2, 0) is 32.5 Å². The number of hydrogen-bond acceptors (Lipinski definition) is 8. The third-order valence-corrected chi connectivity index (χ3v) is 7.94. The highest BCUT2D eigenvalue weighted by atomic mass is 35.5. The lowest BCUT2D eigenvalue weighted by Crippen LogP contribution is -2.45. The summed E-state index contributed by atoms with van der Waals surface area (Å²) in [5.41, 5.74) is -0.717. The first kappa shape index (κ1) is 32.3. The average Bonchev–Trinajstić information content (AvgIpc) is 3.37. The van der Waals surface area contributed by atoms with E-state index in [1.165, 1.54) is 29.1 Å². The first-order valence-electron chi connectivity index (χ1n) is 12.5. The number of amides is 3. The predicted octanol–water partition coefficient (Wildman–Crippen LogP) is 5.15. The van der Waals surface area contributed by atoms with Gasteiger partial charge in [-0.15, -0.1) is 0 Å². The van der Waals surface area contributed by atoms with Gasteiger partial charge in [-0.25, -0.2) is 9.52 Å². The second kappa shape index (κ2) is 12.2. The first-order chi connectivity index (χ1) is 19.9. The summed E-state index contributed by atoms with van der Waals surface area (Å²) in [6, 6.07) is 8.45. The predicted molar refractivity (Wildman–Crippen MR) is 154 cm³/mol. The Morgan fingerprint density at radius 3 is 2.53 bits per heavy atom. The zero-order valence-corrected chi connectivity index (χ0v) is 25.2. The van der Waals surface area contributed by atoms with Crippen LogP contribution in [0, 0.1) is 0 Å². The molecule has 1 fully saturated rings. The van der Waals surface area contributed by atoms with Gasteiger partial charge in [-0.1, -0.05) is 23.7 Å². The number of carbonyl (C=O) groups is 3. The van der Waals surface area contributed by atoms with Gasteiger partial charge in [0.15, 0.2) is 0 Å². The van der Waals surface area contributed by atoms with Gasteiger partial charge < -0.3 is 4.74 Å². The Bertz CT molecular complexity index is 1730. The second-order valence-corrected chi connectivity index (χ2v) is 13.2. The molecular formula is C26H25ClF3N5O6S2. The van der Waals surface area contributed by atoms with Crippen molar-refractivity contribution in [1.82, 2.24) is 24.1 Å². The highest BCUT2D eigenvalue weighted by Gasteiger charge is 2.35. The lowest BCUT2D eigenvalue weighted by atomic mass is 10.1. The van der Waals surface area contributed by atoms with Crippen LogP contribution in [0.4, 0.5) is 22.8 Å². The molecule has 2 N–H and O–H groups in total. The number of imide groups is 1. The quantitative estimate of drug-likeness (QED) is 0.317. The number of hydrogen-bond donors (Lipinski definition) is 2. The van der Waals surface area contributed by atoms with Crippen molar-refractivity contribution in [2.24, 2.45) is 0 Å². The van der Waals surface area contributed by atoms with Gasteiger partial charge in [-0.3, -0.25) is 19.2 Å². The van der Waals surface area contributed by atoms with E-state index in [2.05, 4.69) is 9.82 Å². The van der Waals surface area contributed by atoms with Crippen LogP contribution in [0.2, 0.25) is 5.02 Å². The summed E-state index contributed by atoms with van der Waals surface area (Å²) in [4.78, 5) is 37.9. The Morgan fingerprint density at radius 2 is 1.86 bits per heavy atom. The minimum Gasteiger partial charge on any atom is -0.443 e. The molecule has 2 heterocycles. The zero-order chi connectivity index (χ0) is 31.7. The molecule has 3 aromatic rings. The molecule has 2 aromatic carbocycles. The number of ether oxygens (including phenoxy) is 1. The molecule has 1 saturated heterocycles. The standard InChI is InChI=1S/C26H25ClF3N5O6S2/c1-25(2,3)41-23(37)33-43(39,40)32-8-9-34-22(36)21(42-24(34)38)11-15-4-7-20-17(10-15)13-31-35(20)14-16-5-6-18(27)12-19(16)26(28,29)30/h4-7,10-13,32H,8-9,14H2,1-3H3,(H,33,37). The van der Waals surface area contributed by atoms with Gasteiger partial charge in [0.1, 0.15) is 5.60 Å². The second-order valence-electron chi connectivity index (χ2n) is 10.3. The number of halogens is 4. The maximum atomic E-state index is 13.5. The topological polar surface area (TPSA) is 140 Å². The summed E-state index contributed by atoms with van der Waals surface area (Å²) in [5.74, 6) is -0.646. The van der Waals surface area contributed by atoms with Crippen molar-refractivity contribution in [3.8, 4) is 0 Å². The van der Waals surface area contributed by atoms with Gasteiger partial charge >= 0.3 is 22.5 Å². The van der Waals surface area contributed by atoms with Crippen LogP contribution in [0.5, 0.6) is 0 Å². The fourth-order valence-corrected chi connectivity index (χ4v) is 5.74. The third kappa shape index (κ3) is 8.28. The average molecular weight is 660 g/mol. The van der Waals surface area contributed by atoms with E-state index in [0.29, 0.717) is 28.2 Å². The van der Waals surface area contributed by atoms with Crippen LogP contribution >= 0.6 is 23.4 Å². The number of alkyl halides is 3. The fourth-order valence-electron chi connectivity index (χ4n) is 4.01. The Hall–Kier alpha value is -3.60. The lowest BCUT2D eigenvalue weighted by Gasteiger charge is -2.19. The van der Waals surface area contributed by atoms with Crippen molar-refractivity contribution in [3.05, 3.63) is 69.2 Å². The van der Waals surface area contributed by atoms with Gasteiger partial charge in [-0.2, -0.15) is 31.4 Å². The van der Waals surface area contributed by atoms with E-state index in [9.17, 15) is 36.0 Å². The van der Waals surface area contributed by atoms with Crippen molar-refractivity contribution in [1.29, 1.82) is 0 Å². The highest BCUT2D eigenvalue weighted by Crippen LogP contribution is 2.35. The number of nitrogens with zero attached hydrogens (tertiary/aromatic N) is 3. The van der Waals surface area contributed by atoms with Gasteiger partial charge in [0.25, 0.3) is 11.1 Å². The number of fused-ring (bicyclic) bond motifs is 1. The Kier molecular flexibility index (Phi) is 9.16. The van der Waals surface area contributed by atoms with E-state index in [1.54, 1.807) is 43.7 Å². The molecule has 230 valence electrons. The van der Waals surface area contributed by atoms with Crippen LogP contribution in [0.25, 0.3) is 17.0 Å². The third-order valence-electron chi connectivity index (χ3n) is 5.78. The highest BCUT2D eigenvalue weighted by molar-refractivity contribution is 8.18. The summed E-state index contributed by atoms with van der Waals surface area (Å²) < 4.78 is 74.7. The number of aromatic nitrogens is 2. The van der Waals surface area contributed by atoms with E-state index < -0.39 is 44.8 Å². The first-order valence-corrected chi connectivity index (χ1v) is 15.2. The molecule has 17 heteroatoms. The molecule has 0 bridgehead atoms. The Morgan fingerprint density at radius 1 is 1.14 bits per heavy atom. The normalized spacial score (nSPS) is 15.5. The van der Waals surface area contributed by atoms with Crippen LogP contribution < -0.4 is 9.44 Å². The molecule has 0 unspecified atom stereocenters. The molecule has 0 radical (unpaired) electrons. The lowest BCUT2D eigenvalue weighted by molar-refractivity contribution is -0.138. The molecule has 0 spiro atoms. The summed E-state index contributed by atoms with van der Waals surface area (Å²) in [7, 11) is -4.31. The fraction of sp³-hybridized carbons (Fsp3) is 0.308. The van der Waals surface area contributed by atoms with E-state index in [1.807, 2.05) is 0 Å². The van der Waals surface area contributed by atoms with Crippen LogP contribution in [0.3, 0.4) is 0 Å². The molecule has 1 aliphatic rings. The van der Waals surface area contributed by atoms with Crippen molar-refractivity contribution in [3.63, 3.8) is 0 Å². The molecule has 11 nitrogen and oxygen atoms in total. The minimum absolute atomic E-state index is 0.0115. The Balaban J connectivity index is 1.42. The van der Waals surface area contributed by atoms with Gasteiger partial charge in [0, 0.05) is 23.5 Å². The van der Waals surface area contributed by atoms with Crippen LogP contribution in [0.1, 0.15) is 37.5 Å². The van der Waals surface area contributed by atoms with Crippen molar-refractivity contribution >= 4 is 67.8 Å². The van der Waals surface area contributed by atoms with Crippen molar-refractivity contribution in [2.45, 2.75) is 39.1 Å². The van der Waals surface area contributed by atoms with Gasteiger partial charge in [0.05, 0.1) is 28.7 Å². The summed E-state index contributed by atoms with van der Waals surface area (Å²) >= 11 is 6.43. The van der Waals surface area contributed by atoms with Gasteiger partial charge in [-0.05, 0) is 74.0 Å². The number of nitrogens with one attached hydrogen (secondary N) is 2. The number of thioether (sulfide) groups is 1. The molecule has 0 aliphatic carbocycles. The zero-order valence-electron chi connectivity index (χ0n) is 22.9. The molecule has 3 amide bonds. The van der Waals surface area contributed by atoms with Crippen LogP contribution in [0.15, 0.2) is 47.5 Å². The van der Waals surface area contributed by atoms with Crippen LogP contribution in [-0.4, -0.2) is 59.0 Å². The molecule has 4 rings (SSSR count). The molecule has 0 saturated carbocycles. The number of benzene rings is 2. The summed E-state index contributed by atoms with van der Waals surface area (Å²) in [6.07, 6.45) is -2.84.